The zero-order chi connectivity index (χ0) is 33.2. The summed E-state index contributed by atoms with van der Waals surface area (Å²) in [6.07, 6.45) is 48.4. The van der Waals surface area contributed by atoms with E-state index < -0.39 is 0 Å². The van der Waals surface area contributed by atoms with Gasteiger partial charge in [0.1, 0.15) is 0 Å². The lowest BCUT2D eigenvalue weighted by Gasteiger charge is -2.64. The van der Waals surface area contributed by atoms with Gasteiger partial charge in [0.05, 0.1) is 0 Å². The lowest BCUT2D eigenvalue weighted by Crippen LogP contribution is -2.57. The number of hydrogen-bond donors (Lipinski definition) is 0. The van der Waals surface area contributed by atoms with E-state index in [0.29, 0.717) is 0 Å². The van der Waals surface area contributed by atoms with Gasteiger partial charge in [0, 0.05) is 0 Å². The molecule has 0 amide bonds. The second-order valence-electron chi connectivity index (χ2n) is 22.3. The maximum atomic E-state index is 2.57. The van der Waals surface area contributed by atoms with E-state index in [4.69, 9.17) is 0 Å². The van der Waals surface area contributed by atoms with E-state index in [1.807, 2.05) is 0 Å². The highest BCUT2D eigenvalue weighted by Gasteiger charge is 2.59. The summed E-state index contributed by atoms with van der Waals surface area (Å²) in [5, 5.41) is 0. The van der Waals surface area contributed by atoms with Crippen LogP contribution in [0.2, 0.25) is 0 Å². The van der Waals surface area contributed by atoms with Gasteiger partial charge in [-0.3, -0.25) is 0 Å². The van der Waals surface area contributed by atoms with Crippen LogP contribution in [-0.2, 0) is 0 Å². The van der Waals surface area contributed by atoms with Crippen molar-refractivity contribution in [2.24, 2.45) is 112 Å². The van der Waals surface area contributed by atoms with E-state index in [0.717, 1.165) is 112 Å². The maximum absolute atomic E-state index is 2.57. The predicted molar refractivity (Wildman–Crippen MR) is 210 cm³/mol. The third-order valence-corrected chi connectivity index (χ3v) is 21.0. The topological polar surface area (TPSA) is 0 Å². The van der Waals surface area contributed by atoms with Crippen molar-refractivity contribution in [3.05, 3.63) is 0 Å². The highest BCUT2D eigenvalue weighted by atomic mass is 14.6. The maximum Gasteiger partial charge on any atom is -0.0321 e. The van der Waals surface area contributed by atoms with Gasteiger partial charge >= 0.3 is 0 Å². The predicted octanol–water partition coefficient (Wildman–Crippen LogP) is 14.6. The van der Waals surface area contributed by atoms with Gasteiger partial charge in [0.15, 0.2) is 0 Å². The van der Waals surface area contributed by atoms with Crippen LogP contribution in [0.15, 0.2) is 0 Å². The third kappa shape index (κ3) is 6.09. The molecule has 0 aromatic rings. The minimum absolute atomic E-state index is 1.06. The second kappa shape index (κ2) is 14.9. The first-order valence-electron chi connectivity index (χ1n) is 24.8. The summed E-state index contributed by atoms with van der Waals surface area (Å²) in [7, 11) is 0. The fourth-order valence-corrected chi connectivity index (χ4v) is 19.4. The first-order valence-corrected chi connectivity index (χ1v) is 24.8. The molecule has 10 aliphatic rings. The molecule has 0 bridgehead atoms. The monoisotopic (exact) mass is 683 g/mol. The molecule has 0 spiro atoms. The van der Waals surface area contributed by atoms with Crippen molar-refractivity contribution < 1.29 is 0 Å². The highest BCUT2D eigenvalue weighted by molar-refractivity contribution is 5.08. The Morgan fingerprint density at radius 3 is 1.24 bits per heavy atom. The Morgan fingerprint density at radius 2 is 0.660 bits per heavy atom. The SMILES string of the molecule is CC[C@@H]1CCC2C(C1)C(C1CCC(C3CC4CCCCC4C4CCCCC34)CC1)C1CCCCC1C2C1CC2CCCCC2C2CCCCC21. The molecule has 10 rings (SSSR count). The molecule has 282 valence electrons. The van der Waals surface area contributed by atoms with Crippen LogP contribution >= 0.6 is 0 Å². The molecule has 10 fully saturated rings. The van der Waals surface area contributed by atoms with Gasteiger partial charge in [-0.1, -0.05) is 96.8 Å². The number of fused-ring (bicyclic) bond motifs is 8. The van der Waals surface area contributed by atoms with E-state index in [-0.39, 0.29) is 0 Å². The molecule has 0 saturated heterocycles. The van der Waals surface area contributed by atoms with Crippen LogP contribution in [0.5, 0.6) is 0 Å². The van der Waals surface area contributed by atoms with E-state index in [9.17, 15) is 0 Å². The Hall–Kier alpha value is 0. The van der Waals surface area contributed by atoms with Gasteiger partial charge < -0.3 is 0 Å². The van der Waals surface area contributed by atoms with Gasteiger partial charge in [0.25, 0.3) is 0 Å². The largest absolute Gasteiger partial charge is 0.0651 e. The molecular formula is C50H82. The van der Waals surface area contributed by atoms with Crippen LogP contribution in [0.3, 0.4) is 0 Å². The summed E-state index contributed by atoms with van der Waals surface area (Å²) < 4.78 is 0. The molecule has 0 heterocycles. The molecule has 10 saturated carbocycles. The minimum Gasteiger partial charge on any atom is -0.0651 e. The minimum atomic E-state index is 1.06. The Kier molecular flexibility index (Phi) is 10.3. The first-order chi connectivity index (χ1) is 24.8. The van der Waals surface area contributed by atoms with Gasteiger partial charge in [-0.25, -0.2) is 0 Å². The van der Waals surface area contributed by atoms with Crippen molar-refractivity contribution in [1.82, 2.24) is 0 Å². The zero-order valence-corrected chi connectivity index (χ0v) is 33.2. The Labute approximate surface area is 311 Å². The van der Waals surface area contributed by atoms with Gasteiger partial charge in [-0.15, -0.1) is 0 Å². The van der Waals surface area contributed by atoms with Gasteiger partial charge in [-0.05, 0) is 215 Å². The number of rotatable bonds is 4. The van der Waals surface area contributed by atoms with Crippen LogP contribution in [0.1, 0.15) is 200 Å². The number of hydrogen-bond acceptors (Lipinski definition) is 0. The smallest absolute Gasteiger partial charge is 0.0321 e. The van der Waals surface area contributed by atoms with Gasteiger partial charge in [-0.2, -0.15) is 0 Å². The molecule has 17 atom stereocenters. The molecule has 0 aromatic carbocycles. The quantitative estimate of drug-likeness (QED) is 0.277. The summed E-state index contributed by atoms with van der Waals surface area (Å²) in [6.45, 7) is 2.57. The fourth-order valence-electron chi connectivity index (χ4n) is 19.4. The summed E-state index contributed by atoms with van der Waals surface area (Å²) in [5.74, 6) is 21.4. The van der Waals surface area contributed by atoms with Crippen molar-refractivity contribution in [1.29, 1.82) is 0 Å². The van der Waals surface area contributed by atoms with Crippen molar-refractivity contribution >= 4 is 0 Å². The van der Waals surface area contributed by atoms with Crippen molar-refractivity contribution in [2.75, 3.05) is 0 Å². The molecule has 0 aliphatic heterocycles. The van der Waals surface area contributed by atoms with Crippen LogP contribution in [0.25, 0.3) is 0 Å². The van der Waals surface area contributed by atoms with Crippen LogP contribution in [0, 0.1) is 112 Å². The van der Waals surface area contributed by atoms with E-state index in [1.165, 1.54) is 6.42 Å². The van der Waals surface area contributed by atoms with Crippen LogP contribution in [-0.4, -0.2) is 0 Å². The summed E-state index contributed by atoms with van der Waals surface area (Å²) >= 11 is 0. The average Bonchev–Trinajstić information content (AvgIpc) is 3.19. The lowest BCUT2D eigenvalue weighted by molar-refractivity contribution is -0.150. The fraction of sp³-hybridized carbons (Fsp3) is 1.00. The molecule has 16 unspecified atom stereocenters. The Balaban J connectivity index is 0.910. The third-order valence-electron chi connectivity index (χ3n) is 21.0. The van der Waals surface area contributed by atoms with Crippen molar-refractivity contribution in [3.63, 3.8) is 0 Å². The van der Waals surface area contributed by atoms with E-state index >= 15 is 0 Å². The Morgan fingerprint density at radius 1 is 0.260 bits per heavy atom. The standard InChI is InChI=1S/C50H82/c1-2-32-23-28-45-47(29-32)49(34-26-24-33(25-27-34)46-30-35-13-3-5-15-37(35)39-17-7-9-19-41(39)46)43-21-11-12-22-44(43)50(45)48-31-36-14-4-6-16-38(36)40-18-8-10-20-42(40)48/h32-50H,2-31H2,1H3/t32-,33?,34?,35?,36?,37?,38?,39?,40?,41?,42?,43?,44?,45?,46?,47?,48?,49?,50?/m1/s1. The van der Waals surface area contributed by atoms with E-state index in [1.54, 1.807) is 186 Å². The molecule has 10 aliphatic carbocycles. The second-order valence-corrected chi connectivity index (χ2v) is 22.3. The lowest BCUT2D eigenvalue weighted by atomic mass is 9.41. The van der Waals surface area contributed by atoms with Crippen LogP contribution < -0.4 is 0 Å². The van der Waals surface area contributed by atoms with E-state index in [2.05, 4.69) is 6.92 Å². The molecular weight excluding hydrogens is 601 g/mol. The average molecular weight is 683 g/mol. The summed E-state index contributed by atoms with van der Waals surface area (Å²) in [5.41, 5.74) is 0. The van der Waals surface area contributed by atoms with Crippen LogP contribution in [0.4, 0.5) is 0 Å². The molecule has 50 heavy (non-hydrogen) atoms. The Bertz CT molecular complexity index is 1110. The molecule has 0 heteroatoms. The van der Waals surface area contributed by atoms with Crippen molar-refractivity contribution in [2.45, 2.75) is 200 Å². The molecule has 0 radical (unpaired) electrons. The normalized spacial score (nSPS) is 55.3. The molecule has 0 aromatic heterocycles. The molecule has 0 nitrogen and oxygen atoms in total. The first kappa shape index (κ1) is 34.5. The summed E-state index contributed by atoms with van der Waals surface area (Å²) in [6, 6.07) is 0. The van der Waals surface area contributed by atoms with Gasteiger partial charge in [0.2, 0.25) is 0 Å². The highest BCUT2D eigenvalue weighted by Crippen LogP contribution is 2.67. The molecule has 0 N–H and O–H groups in total. The van der Waals surface area contributed by atoms with Crippen molar-refractivity contribution in [3.8, 4) is 0 Å². The zero-order valence-electron chi connectivity index (χ0n) is 33.2. The summed E-state index contributed by atoms with van der Waals surface area (Å²) in [4.78, 5) is 0.